The van der Waals surface area contributed by atoms with E-state index >= 15 is 0 Å². The van der Waals surface area contributed by atoms with Crippen molar-refractivity contribution in [1.82, 2.24) is 35.4 Å². The molecule has 1 aliphatic carbocycles. The number of aliphatic carboxylic acids is 1. The Balaban J connectivity index is 1.20. The van der Waals surface area contributed by atoms with Crippen LogP contribution in [0.4, 0.5) is 0 Å². The molecule has 0 spiro atoms. The third-order valence-electron chi connectivity index (χ3n) is 6.80. The summed E-state index contributed by atoms with van der Waals surface area (Å²) < 4.78 is 6.86. The van der Waals surface area contributed by atoms with Crippen LogP contribution in [0.1, 0.15) is 68.0 Å². The molecule has 5 rings (SSSR count). The van der Waals surface area contributed by atoms with Crippen molar-refractivity contribution in [3.05, 3.63) is 59.5 Å². The first kappa shape index (κ1) is 23.2. The molecular formula is C24H29N7O4. The number of amides is 1. The van der Waals surface area contributed by atoms with Gasteiger partial charge in [0.2, 0.25) is 11.8 Å². The van der Waals surface area contributed by atoms with Gasteiger partial charge in [-0.15, -0.1) is 5.10 Å². The average Bonchev–Trinajstić information content (AvgIpc) is 3.31. The van der Waals surface area contributed by atoms with Crippen molar-refractivity contribution in [2.24, 2.45) is 0 Å². The molecule has 2 aromatic heterocycles. The summed E-state index contributed by atoms with van der Waals surface area (Å²) in [6.07, 6.45) is 6.04. The van der Waals surface area contributed by atoms with E-state index in [1.165, 1.54) is 4.68 Å². The van der Waals surface area contributed by atoms with E-state index in [0.717, 1.165) is 31.4 Å². The maximum Gasteiger partial charge on any atom is 0.331 e. The van der Waals surface area contributed by atoms with Crippen LogP contribution in [0.3, 0.4) is 0 Å². The number of carbonyl (C=O) groups is 2. The lowest BCUT2D eigenvalue weighted by molar-refractivity contribution is -0.142. The number of aromatic nitrogens is 5. The Labute approximate surface area is 202 Å². The number of carbonyl (C=O) groups excluding carboxylic acids is 1. The van der Waals surface area contributed by atoms with Crippen LogP contribution < -0.4 is 5.32 Å². The van der Waals surface area contributed by atoms with Gasteiger partial charge in [-0.3, -0.25) is 9.69 Å². The molecule has 2 aliphatic rings. The van der Waals surface area contributed by atoms with Crippen LogP contribution >= 0.6 is 0 Å². The summed E-state index contributed by atoms with van der Waals surface area (Å²) in [5.74, 6) is -0.0369. The molecule has 0 bridgehead atoms. The molecule has 1 saturated carbocycles. The Morgan fingerprint density at radius 2 is 2.06 bits per heavy atom. The average molecular weight is 480 g/mol. The molecule has 3 heterocycles. The fourth-order valence-corrected chi connectivity index (χ4v) is 4.59. The van der Waals surface area contributed by atoms with Gasteiger partial charge < -0.3 is 14.9 Å². The van der Waals surface area contributed by atoms with Crippen LogP contribution in [-0.2, 0) is 28.1 Å². The molecule has 1 aromatic carbocycles. The normalized spacial score (nSPS) is 20.3. The second kappa shape index (κ2) is 9.57. The van der Waals surface area contributed by atoms with E-state index in [-0.39, 0.29) is 11.9 Å². The lowest BCUT2D eigenvalue weighted by Gasteiger charge is -2.34. The summed E-state index contributed by atoms with van der Waals surface area (Å²) in [4.78, 5) is 31.3. The number of nitrogens with zero attached hydrogens (tertiary/aromatic N) is 6. The number of nitrogens with one attached hydrogen (secondary N) is 1. The maximum absolute atomic E-state index is 13.2. The minimum Gasteiger partial charge on any atom is -0.479 e. The molecule has 2 N–H and O–H groups in total. The van der Waals surface area contributed by atoms with E-state index in [1.807, 2.05) is 37.3 Å². The van der Waals surface area contributed by atoms with Crippen molar-refractivity contribution in [2.45, 2.75) is 69.6 Å². The largest absolute Gasteiger partial charge is 0.479 e. The quantitative estimate of drug-likeness (QED) is 0.472. The first-order valence-corrected chi connectivity index (χ1v) is 12.0. The summed E-state index contributed by atoms with van der Waals surface area (Å²) in [6.45, 7) is 3.02. The van der Waals surface area contributed by atoms with Crippen molar-refractivity contribution >= 4 is 11.9 Å². The van der Waals surface area contributed by atoms with Crippen LogP contribution in [-0.4, -0.2) is 59.6 Å². The molecule has 3 aromatic rings. The van der Waals surface area contributed by atoms with Crippen LogP contribution in [0.2, 0.25) is 0 Å². The molecule has 0 radical (unpaired) electrons. The summed E-state index contributed by atoms with van der Waals surface area (Å²) >= 11 is 0. The molecule has 2 unspecified atom stereocenters. The second-order valence-electron chi connectivity index (χ2n) is 9.41. The van der Waals surface area contributed by atoms with E-state index in [0.29, 0.717) is 43.2 Å². The highest BCUT2D eigenvalue weighted by atomic mass is 16.5. The summed E-state index contributed by atoms with van der Waals surface area (Å²) in [6, 6.07) is 9.15. The Morgan fingerprint density at radius 1 is 1.26 bits per heavy atom. The van der Waals surface area contributed by atoms with Gasteiger partial charge in [0, 0.05) is 13.0 Å². The van der Waals surface area contributed by atoms with Crippen LogP contribution in [0, 0.1) is 0 Å². The first-order valence-electron chi connectivity index (χ1n) is 12.0. The lowest BCUT2D eigenvalue weighted by atomic mass is 10.0. The van der Waals surface area contributed by atoms with E-state index in [2.05, 4.69) is 30.7 Å². The monoisotopic (exact) mass is 479 g/mol. The van der Waals surface area contributed by atoms with E-state index in [1.54, 1.807) is 6.20 Å². The van der Waals surface area contributed by atoms with Crippen LogP contribution in [0.25, 0.3) is 0 Å². The van der Waals surface area contributed by atoms with Gasteiger partial charge >= 0.3 is 5.97 Å². The minimum absolute atomic E-state index is 0.100. The lowest BCUT2D eigenvalue weighted by Crippen LogP contribution is -2.49. The third-order valence-corrected chi connectivity index (χ3v) is 6.80. The topological polar surface area (TPSA) is 139 Å². The van der Waals surface area contributed by atoms with Crippen molar-refractivity contribution in [3.8, 4) is 0 Å². The fraction of sp³-hybridized carbons (Fsp3) is 0.500. The van der Waals surface area contributed by atoms with Crippen molar-refractivity contribution in [1.29, 1.82) is 0 Å². The standard InChI is InChI=1S/C24H29N7O4/c1-16(22-26-20(28-35-22)13-17-7-3-2-4-8-17)25-21(32)19-9-5-6-12-30(19)14-18-15-31(29-27-18)24(10-11-24)23(33)34/h2-4,7-8,15-16,19H,5-6,9-14H2,1H3,(H,25,32)(H,33,34). The number of benzene rings is 1. The highest BCUT2D eigenvalue weighted by Crippen LogP contribution is 2.43. The van der Waals surface area contributed by atoms with Gasteiger partial charge in [0.1, 0.15) is 6.04 Å². The predicted molar refractivity (Wildman–Crippen MR) is 123 cm³/mol. The SMILES string of the molecule is CC(NC(=O)C1CCCCN1Cc1cn(C2(C(=O)O)CC2)nn1)c1nc(Cc2ccccc2)no1. The number of likely N-dealkylation sites (tertiary alicyclic amines) is 1. The minimum atomic E-state index is -0.956. The molecule has 11 nitrogen and oxygen atoms in total. The van der Waals surface area contributed by atoms with Gasteiger partial charge in [-0.05, 0) is 44.7 Å². The number of carboxylic acid groups (broad SMARTS) is 1. The number of hydrogen-bond acceptors (Lipinski definition) is 8. The fourth-order valence-electron chi connectivity index (χ4n) is 4.59. The number of rotatable bonds is 9. The highest BCUT2D eigenvalue weighted by molar-refractivity contribution is 5.82. The molecule has 35 heavy (non-hydrogen) atoms. The molecule has 11 heteroatoms. The zero-order valence-corrected chi connectivity index (χ0v) is 19.6. The smallest absolute Gasteiger partial charge is 0.331 e. The summed E-state index contributed by atoms with van der Waals surface area (Å²) in [7, 11) is 0. The molecule has 2 fully saturated rings. The Morgan fingerprint density at radius 3 is 2.80 bits per heavy atom. The zero-order chi connectivity index (χ0) is 24.4. The van der Waals surface area contributed by atoms with Crippen molar-refractivity contribution < 1.29 is 19.2 Å². The highest BCUT2D eigenvalue weighted by Gasteiger charge is 2.53. The maximum atomic E-state index is 13.2. The summed E-state index contributed by atoms with van der Waals surface area (Å²) in [5, 5.41) is 24.8. The van der Waals surface area contributed by atoms with Gasteiger partial charge in [0.05, 0.1) is 17.9 Å². The van der Waals surface area contributed by atoms with E-state index in [9.17, 15) is 14.7 Å². The molecule has 1 saturated heterocycles. The number of carboxylic acids is 1. The zero-order valence-electron chi connectivity index (χ0n) is 19.6. The van der Waals surface area contributed by atoms with Gasteiger partial charge in [-0.25, -0.2) is 9.48 Å². The van der Waals surface area contributed by atoms with Gasteiger partial charge in [-0.1, -0.05) is 47.1 Å². The van der Waals surface area contributed by atoms with Crippen molar-refractivity contribution in [2.75, 3.05) is 6.54 Å². The van der Waals surface area contributed by atoms with E-state index < -0.39 is 17.6 Å². The van der Waals surface area contributed by atoms with E-state index in [4.69, 9.17) is 4.52 Å². The Kier molecular flexibility index (Phi) is 6.33. The Hall–Kier alpha value is -3.60. The van der Waals surface area contributed by atoms with Crippen LogP contribution in [0.5, 0.6) is 0 Å². The number of piperidine rings is 1. The van der Waals surface area contributed by atoms with Gasteiger partial charge in [0.15, 0.2) is 11.4 Å². The molecule has 1 aliphatic heterocycles. The molecular weight excluding hydrogens is 450 g/mol. The number of hydrogen-bond donors (Lipinski definition) is 2. The third kappa shape index (κ3) is 4.95. The van der Waals surface area contributed by atoms with Crippen molar-refractivity contribution in [3.63, 3.8) is 0 Å². The van der Waals surface area contributed by atoms with Gasteiger partial charge in [-0.2, -0.15) is 4.98 Å². The first-order chi connectivity index (χ1) is 16.9. The molecule has 2 atom stereocenters. The van der Waals surface area contributed by atoms with Crippen LogP contribution in [0.15, 0.2) is 41.1 Å². The Bertz CT molecular complexity index is 1190. The molecule has 1 amide bonds. The summed E-state index contributed by atoms with van der Waals surface area (Å²) in [5.41, 5.74) is 0.790. The predicted octanol–water partition coefficient (Wildman–Crippen LogP) is 2.06. The van der Waals surface area contributed by atoms with Gasteiger partial charge in [0.25, 0.3) is 0 Å². The second-order valence-corrected chi connectivity index (χ2v) is 9.41. The molecule has 184 valence electrons.